The Morgan fingerprint density at radius 1 is 0.892 bits per heavy atom. The summed E-state index contributed by atoms with van der Waals surface area (Å²) in [5.41, 5.74) is 4.76. The number of pyridine rings is 1. The highest BCUT2D eigenvalue weighted by Gasteiger charge is 2.21. The molecule has 2 aliphatic heterocycles. The average molecular weight is 497 g/mol. The Morgan fingerprint density at radius 2 is 1.76 bits per heavy atom. The van der Waals surface area contributed by atoms with Crippen molar-refractivity contribution >= 4 is 28.5 Å². The molecule has 9 heteroatoms. The van der Waals surface area contributed by atoms with Gasteiger partial charge < -0.3 is 20.2 Å². The predicted octanol–water partition coefficient (Wildman–Crippen LogP) is 4.00. The summed E-state index contributed by atoms with van der Waals surface area (Å²) in [6.45, 7) is 5.06. The van der Waals surface area contributed by atoms with Crippen LogP contribution in [0.1, 0.15) is 37.3 Å². The Kier molecular flexibility index (Phi) is 6.88. The maximum absolute atomic E-state index is 9.14. The van der Waals surface area contributed by atoms with Gasteiger partial charge in [0.15, 0.2) is 0 Å². The Labute approximate surface area is 216 Å². The minimum atomic E-state index is 0.224. The molecule has 0 radical (unpaired) electrons. The second-order valence-corrected chi connectivity index (χ2v) is 9.84. The van der Waals surface area contributed by atoms with Gasteiger partial charge in [-0.25, -0.2) is 19.9 Å². The van der Waals surface area contributed by atoms with E-state index in [2.05, 4.69) is 43.3 Å². The molecule has 2 aliphatic rings. The fraction of sp³-hybridized carbons (Fsp3) is 0.393. The second-order valence-electron chi connectivity index (χ2n) is 9.84. The number of hydrogen-bond acceptors (Lipinski definition) is 9. The highest BCUT2D eigenvalue weighted by Crippen LogP contribution is 2.28. The molecule has 0 atom stereocenters. The molecule has 2 saturated heterocycles. The quantitative estimate of drug-likeness (QED) is 0.393. The van der Waals surface area contributed by atoms with Crippen LogP contribution in [0.3, 0.4) is 0 Å². The van der Waals surface area contributed by atoms with Gasteiger partial charge in [0.1, 0.15) is 0 Å². The van der Waals surface area contributed by atoms with Crippen molar-refractivity contribution < 1.29 is 5.11 Å². The lowest BCUT2D eigenvalue weighted by atomic mass is 9.93. The number of aromatic nitrogens is 5. The standard InChI is InChI=1S/C28H32N8O/c37-16-15-35-13-8-20(9-14-35)24-6-4-23(19-30-24)32-27-29-10-7-26(33-27)21-3-5-25-22(17-21)18-31-28(34-25)36-11-1-2-12-36/h3-7,10,17-20,37H,1-2,8-9,11-16H2,(H,29,32,33). The number of piperidine rings is 1. The van der Waals surface area contributed by atoms with Crippen molar-refractivity contribution in [1.29, 1.82) is 0 Å². The van der Waals surface area contributed by atoms with Crippen molar-refractivity contribution in [3.05, 3.63) is 60.7 Å². The molecule has 4 aromatic rings. The zero-order valence-corrected chi connectivity index (χ0v) is 20.9. The van der Waals surface area contributed by atoms with Gasteiger partial charge in [-0.05, 0) is 69.1 Å². The van der Waals surface area contributed by atoms with E-state index in [-0.39, 0.29) is 6.61 Å². The zero-order valence-electron chi connectivity index (χ0n) is 20.9. The lowest BCUT2D eigenvalue weighted by molar-refractivity contribution is 0.163. The van der Waals surface area contributed by atoms with E-state index in [1.807, 2.05) is 30.6 Å². The van der Waals surface area contributed by atoms with Crippen LogP contribution in [0.5, 0.6) is 0 Å². The molecule has 2 N–H and O–H groups in total. The molecule has 0 saturated carbocycles. The van der Waals surface area contributed by atoms with Crippen LogP contribution in [0.2, 0.25) is 0 Å². The van der Waals surface area contributed by atoms with Crippen molar-refractivity contribution in [3.63, 3.8) is 0 Å². The largest absolute Gasteiger partial charge is 0.395 e. The van der Waals surface area contributed by atoms with Crippen molar-refractivity contribution in [3.8, 4) is 11.3 Å². The number of hydrogen-bond donors (Lipinski definition) is 2. The molecule has 0 aliphatic carbocycles. The third kappa shape index (κ3) is 5.38. The molecule has 5 heterocycles. The average Bonchev–Trinajstić information content (AvgIpc) is 3.49. The molecular weight excluding hydrogens is 464 g/mol. The summed E-state index contributed by atoms with van der Waals surface area (Å²) in [5, 5.41) is 13.4. The van der Waals surface area contributed by atoms with Crippen LogP contribution < -0.4 is 10.2 Å². The van der Waals surface area contributed by atoms with Gasteiger partial charge in [0, 0.05) is 54.6 Å². The van der Waals surface area contributed by atoms with Gasteiger partial charge in [0.2, 0.25) is 11.9 Å². The minimum absolute atomic E-state index is 0.224. The van der Waals surface area contributed by atoms with Crippen molar-refractivity contribution in [2.45, 2.75) is 31.6 Å². The van der Waals surface area contributed by atoms with Gasteiger partial charge in [-0.1, -0.05) is 6.07 Å². The SMILES string of the molecule is OCCN1CCC(c2ccc(Nc3nccc(-c4ccc5nc(N6CCCC6)ncc5c4)n3)cn2)CC1. The van der Waals surface area contributed by atoms with Crippen LogP contribution in [0, 0.1) is 0 Å². The molecule has 37 heavy (non-hydrogen) atoms. The Hall–Kier alpha value is -3.69. The number of rotatable bonds is 7. The third-order valence-electron chi connectivity index (χ3n) is 7.37. The summed E-state index contributed by atoms with van der Waals surface area (Å²) in [4.78, 5) is 27.8. The summed E-state index contributed by atoms with van der Waals surface area (Å²) in [6, 6.07) is 12.2. The fourth-order valence-corrected chi connectivity index (χ4v) is 5.28. The molecule has 190 valence electrons. The Bertz CT molecular complexity index is 1350. The predicted molar refractivity (Wildman–Crippen MR) is 145 cm³/mol. The van der Waals surface area contributed by atoms with Gasteiger partial charge in [-0.2, -0.15) is 0 Å². The fourth-order valence-electron chi connectivity index (χ4n) is 5.28. The number of aliphatic hydroxyl groups excluding tert-OH is 1. The number of nitrogens with one attached hydrogen (secondary N) is 1. The van der Waals surface area contributed by atoms with Crippen molar-refractivity contribution in [2.24, 2.45) is 0 Å². The molecule has 0 unspecified atom stereocenters. The van der Waals surface area contributed by atoms with Crippen molar-refractivity contribution in [1.82, 2.24) is 29.8 Å². The number of benzene rings is 1. The highest BCUT2D eigenvalue weighted by molar-refractivity contribution is 5.84. The Morgan fingerprint density at radius 3 is 2.54 bits per heavy atom. The highest BCUT2D eigenvalue weighted by atomic mass is 16.3. The van der Waals surface area contributed by atoms with Crippen LogP contribution in [-0.2, 0) is 0 Å². The maximum atomic E-state index is 9.14. The topological polar surface area (TPSA) is 103 Å². The Balaban J connectivity index is 1.14. The van der Waals surface area contributed by atoms with Gasteiger partial charge in [0.05, 0.1) is 29.7 Å². The van der Waals surface area contributed by atoms with Crippen LogP contribution in [0.4, 0.5) is 17.6 Å². The van der Waals surface area contributed by atoms with Gasteiger partial charge >= 0.3 is 0 Å². The molecule has 2 fully saturated rings. The summed E-state index contributed by atoms with van der Waals surface area (Å²) in [7, 11) is 0. The second kappa shape index (κ2) is 10.7. The van der Waals surface area contributed by atoms with Gasteiger partial charge in [-0.3, -0.25) is 4.98 Å². The van der Waals surface area contributed by atoms with Crippen LogP contribution in [-0.4, -0.2) is 74.3 Å². The van der Waals surface area contributed by atoms with Gasteiger partial charge in [0.25, 0.3) is 0 Å². The first-order valence-electron chi connectivity index (χ1n) is 13.2. The van der Waals surface area contributed by atoms with E-state index < -0.39 is 0 Å². The molecular formula is C28H32N8O. The molecule has 1 aromatic carbocycles. The van der Waals surface area contributed by atoms with E-state index in [4.69, 9.17) is 20.1 Å². The minimum Gasteiger partial charge on any atom is -0.395 e. The van der Waals surface area contributed by atoms with Crippen LogP contribution in [0.25, 0.3) is 22.2 Å². The molecule has 0 amide bonds. The van der Waals surface area contributed by atoms with E-state index in [1.54, 1.807) is 6.20 Å². The normalized spacial score (nSPS) is 16.9. The van der Waals surface area contributed by atoms with E-state index in [9.17, 15) is 0 Å². The molecule has 0 bridgehead atoms. The maximum Gasteiger partial charge on any atom is 0.227 e. The van der Waals surface area contributed by atoms with E-state index in [0.29, 0.717) is 11.9 Å². The van der Waals surface area contributed by atoms with E-state index in [0.717, 1.165) is 85.1 Å². The molecule has 6 rings (SSSR count). The number of likely N-dealkylation sites (tertiary alicyclic amines) is 1. The summed E-state index contributed by atoms with van der Waals surface area (Å²) >= 11 is 0. The monoisotopic (exact) mass is 496 g/mol. The van der Waals surface area contributed by atoms with Crippen LogP contribution in [0.15, 0.2) is 55.0 Å². The number of aliphatic hydroxyl groups is 1. The van der Waals surface area contributed by atoms with E-state index in [1.165, 1.54) is 12.8 Å². The molecule has 9 nitrogen and oxygen atoms in total. The molecule has 3 aromatic heterocycles. The summed E-state index contributed by atoms with van der Waals surface area (Å²) in [5.74, 6) is 1.81. The van der Waals surface area contributed by atoms with E-state index >= 15 is 0 Å². The summed E-state index contributed by atoms with van der Waals surface area (Å²) < 4.78 is 0. The first-order chi connectivity index (χ1) is 18.2. The molecule has 0 spiro atoms. The van der Waals surface area contributed by atoms with Crippen LogP contribution >= 0.6 is 0 Å². The van der Waals surface area contributed by atoms with Gasteiger partial charge in [-0.15, -0.1) is 0 Å². The first-order valence-corrected chi connectivity index (χ1v) is 13.2. The smallest absolute Gasteiger partial charge is 0.227 e. The number of β-amino-alcohol motifs (C(OH)–C–C–N with tert-alkyl or cyclic N) is 1. The number of fused-ring (bicyclic) bond motifs is 1. The zero-order chi connectivity index (χ0) is 25.0. The lowest BCUT2D eigenvalue weighted by Gasteiger charge is -2.31. The number of nitrogens with zero attached hydrogens (tertiary/aromatic N) is 7. The lowest BCUT2D eigenvalue weighted by Crippen LogP contribution is -2.35. The summed E-state index contributed by atoms with van der Waals surface area (Å²) in [6.07, 6.45) is 10.1. The van der Waals surface area contributed by atoms with Crippen molar-refractivity contribution in [2.75, 3.05) is 49.5 Å². The third-order valence-corrected chi connectivity index (χ3v) is 7.37. The first kappa shape index (κ1) is 23.7. The number of anilines is 3.